The highest BCUT2D eigenvalue weighted by molar-refractivity contribution is 6.30. The summed E-state index contributed by atoms with van der Waals surface area (Å²) < 4.78 is 11.0. The number of hydrogen-bond donors (Lipinski definition) is 0. The summed E-state index contributed by atoms with van der Waals surface area (Å²) in [6, 6.07) is 5.42. The van der Waals surface area contributed by atoms with E-state index >= 15 is 0 Å². The first-order valence-corrected chi connectivity index (χ1v) is 6.75. The number of morpholine rings is 1. The highest BCUT2D eigenvalue weighted by Crippen LogP contribution is 2.23. The van der Waals surface area contributed by atoms with E-state index < -0.39 is 6.10 Å². The number of carbonyl (C=O) groups is 1. The van der Waals surface area contributed by atoms with Gasteiger partial charge in [-0.25, -0.2) is 0 Å². The number of rotatable bonds is 3. The third kappa shape index (κ3) is 3.61. The Morgan fingerprint density at radius 2 is 2.11 bits per heavy atom. The largest absolute Gasteiger partial charge is 0.481 e. The first kappa shape index (κ1) is 14.2. The van der Waals surface area contributed by atoms with Crippen molar-refractivity contribution < 1.29 is 14.3 Å². The van der Waals surface area contributed by atoms with Crippen molar-refractivity contribution in [1.29, 1.82) is 0 Å². The van der Waals surface area contributed by atoms with Gasteiger partial charge in [0.1, 0.15) is 5.75 Å². The zero-order chi connectivity index (χ0) is 13.8. The topological polar surface area (TPSA) is 38.8 Å². The molecule has 0 saturated carbocycles. The van der Waals surface area contributed by atoms with Crippen molar-refractivity contribution in [3.8, 4) is 5.75 Å². The van der Waals surface area contributed by atoms with Crippen LogP contribution in [0.3, 0.4) is 0 Å². The zero-order valence-corrected chi connectivity index (χ0v) is 11.9. The molecule has 1 aliphatic heterocycles. The molecule has 1 unspecified atom stereocenters. The average Bonchev–Trinajstić information content (AvgIpc) is 2.43. The Hall–Kier alpha value is -1.26. The Labute approximate surface area is 118 Å². The van der Waals surface area contributed by atoms with Gasteiger partial charge in [-0.3, -0.25) is 4.79 Å². The molecule has 2 rings (SSSR count). The van der Waals surface area contributed by atoms with Gasteiger partial charge in [-0.05, 0) is 31.5 Å². The van der Waals surface area contributed by atoms with Crippen molar-refractivity contribution in [2.24, 2.45) is 0 Å². The zero-order valence-electron chi connectivity index (χ0n) is 11.2. The van der Waals surface area contributed by atoms with Gasteiger partial charge in [0.05, 0.1) is 13.2 Å². The quantitative estimate of drug-likeness (QED) is 0.854. The van der Waals surface area contributed by atoms with Crippen molar-refractivity contribution in [2.45, 2.75) is 20.0 Å². The molecule has 1 aromatic carbocycles. The fourth-order valence-electron chi connectivity index (χ4n) is 1.98. The number of carbonyl (C=O) groups excluding carboxylic acids is 1. The fraction of sp³-hybridized carbons (Fsp3) is 0.500. The van der Waals surface area contributed by atoms with E-state index in [4.69, 9.17) is 21.1 Å². The molecule has 0 radical (unpaired) electrons. The van der Waals surface area contributed by atoms with Crippen molar-refractivity contribution in [3.05, 3.63) is 28.8 Å². The van der Waals surface area contributed by atoms with Gasteiger partial charge in [0.15, 0.2) is 6.10 Å². The Morgan fingerprint density at radius 1 is 1.42 bits per heavy atom. The molecule has 0 bridgehead atoms. The van der Waals surface area contributed by atoms with Gasteiger partial charge < -0.3 is 14.4 Å². The van der Waals surface area contributed by atoms with E-state index in [1.54, 1.807) is 24.0 Å². The van der Waals surface area contributed by atoms with E-state index in [2.05, 4.69) is 0 Å². The molecule has 0 aromatic heterocycles. The molecule has 1 atom stereocenters. The lowest BCUT2D eigenvalue weighted by Crippen LogP contribution is -2.46. The van der Waals surface area contributed by atoms with Gasteiger partial charge in [0, 0.05) is 18.1 Å². The maximum absolute atomic E-state index is 12.2. The molecule has 1 amide bonds. The van der Waals surface area contributed by atoms with Gasteiger partial charge >= 0.3 is 0 Å². The molecular weight excluding hydrogens is 266 g/mol. The lowest BCUT2D eigenvalue weighted by molar-refractivity contribution is -0.142. The minimum absolute atomic E-state index is 0.0114. The predicted molar refractivity (Wildman–Crippen MR) is 73.7 cm³/mol. The predicted octanol–water partition coefficient (Wildman–Crippen LogP) is 2.27. The fourth-order valence-corrected chi connectivity index (χ4v) is 2.14. The van der Waals surface area contributed by atoms with Gasteiger partial charge in [0.25, 0.3) is 5.91 Å². The molecule has 1 aliphatic rings. The van der Waals surface area contributed by atoms with Crippen LogP contribution < -0.4 is 4.74 Å². The van der Waals surface area contributed by atoms with Crippen LogP contribution in [0.15, 0.2) is 18.2 Å². The first-order chi connectivity index (χ1) is 9.08. The van der Waals surface area contributed by atoms with Crippen molar-refractivity contribution in [3.63, 3.8) is 0 Å². The molecule has 0 aliphatic carbocycles. The summed E-state index contributed by atoms with van der Waals surface area (Å²) in [6.07, 6.45) is -0.518. The maximum Gasteiger partial charge on any atom is 0.263 e. The molecule has 0 N–H and O–H groups in total. The summed E-state index contributed by atoms with van der Waals surface area (Å²) in [4.78, 5) is 14.0. The SMILES string of the molecule is Cc1ccc(Cl)cc1OC(C)C(=O)N1CCOCC1. The van der Waals surface area contributed by atoms with Crippen LogP contribution in [-0.4, -0.2) is 43.2 Å². The summed E-state index contributed by atoms with van der Waals surface area (Å²) >= 11 is 5.94. The Kier molecular flexibility index (Phi) is 4.66. The van der Waals surface area contributed by atoms with E-state index in [0.29, 0.717) is 37.1 Å². The lowest BCUT2D eigenvalue weighted by Gasteiger charge is -2.29. The monoisotopic (exact) mass is 283 g/mol. The second-order valence-corrected chi connectivity index (χ2v) is 5.04. The van der Waals surface area contributed by atoms with Crippen molar-refractivity contribution in [2.75, 3.05) is 26.3 Å². The lowest BCUT2D eigenvalue weighted by atomic mass is 10.2. The normalized spacial score (nSPS) is 17.1. The Balaban J connectivity index is 2.01. The standard InChI is InChI=1S/C14H18ClNO3/c1-10-3-4-12(15)9-13(10)19-11(2)14(17)16-5-7-18-8-6-16/h3-4,9,11H,5-8H2,1-2H3. The highest BCUT2D eigenvalue weighted by Gasteiger charge is 2.24. The minimum Gasteiger partial charge on any atom is -0.481 e. The second-order valence-electron chi connectivity index (χ2n) is 4.61. The van der Waals surface area contributed by atoms with Crippen LogP contribution >= 0.6 is 11.6 Å². The van der Waals surface area contributed by atoms with Crippen LogP contribution in [0, 0.1) is 6.92 Å². The van der Waals surface area contributed by atoms with E-state index in [1.165, 1.54) is 0 Å². The summed E-state index contributed by atoms with van der Waals surface area (Å²) in [5.74, 6) is 0.643. The van der Waals surface area contributed by atoms with E-state index in [9.17, 15) is 4.79 Å². The average molecular weight is 284 g/mol. The number of benzene rings is 1. The van der Waals surface area contributed by atoms with Crippen LogP contribution in [0.5, 0.6) is 5.75 Å². The van der Waals surface area contributed by atoms with E-state index in [1.807, 2.05) is 13.0 Å². The molecule has 1 saturated heterocycles. The Bertz CT molecular complexity index is 458. The van der Waals surface area contributed by atoms with Crippen molar-refractivity contribution in [1.82, 2.24) is 4.90 Å². The first-order valence-electron chi connectivity index (χ1n) is 6.37. The number of ether oxygens (including phenoxy) is 2. The number of aryl methyl sites for hydroxylation is 1. The van der Waals surface area contributed by atoms with Crippen LogP contribution in [0.2, 0.25) is 5.02 Å². The highest BCUT2D eigenvalue weighted by atomic mass is 35.5. The van der Waals surface area contributed by atoms with Crippen LogP contribution in [0.25, 0.3) is 0 Å². The summed E-state index contributed by atoms with van der Waals surface area (Å²) in [6.45, 7) is 6.13. The Morgan fingerprint density at radius 3 is 2.79 bits per heavy atom. The molecule has 0 spiro atoms. The van der Waals surface area contributed by atoms with E-state index in [0.717, 1.165) is 5.56 Å². The summed E-state index contributed by atoms with van der Waals surface area (Å²) in [5, 5.41) is 0.603. The van der Waals surface area contributed by atoms with Crippen LogP contribution in [0.4, 0.5) is 0 Å². The molecule has 4 nitrogen and oxygen atoms in total. The molecule has 1 heterocycles. The molecule has 19 heavy (non-hydrogen) atoms. The van der Waals surface area contributed by atoms with Gasteiger partial charge in [-0.2, -0.15) is 0 Å². The smallest absolute Gasteiger partial charge is 0.263 e. The third-order valence-corrected chi connectivity index (χ3v) is 3.36. The van der Waals surface area contributed by atoms with Crippen molar-refractivity contribution >= 4 is 17.5 Å². The summed E-state index contributed by atoms with van der Waals surface area (Å²) in [5.41, 5.74) is 0.964. The van der Waals surface area contributed by atoms with Gasteiger partial charge in [-0.1, -0.05) is 17.7 Å². The van der Waals surface area contributed by atoms with E-state index in [-0.39, 0.29) is 5.91 Å². The van der Waals surface area contributed by atoms with Gasteiger partial charge in [0.2, 0.25) is 0 Å². The molecule has 1 aromatic rings. The molecular formula is C14H18ClNO3. The second kappa shape index (κ2) is 6.26. The molecule has 5 heteroatoms. The number of nitrogens with zero attached hydrogens (tertiary/aromatic N) is 1. The van der Waals surface area contributed by atoms with Gasteiger partial charge in [-0.15, -0.1) is 0 Å². The number of hydrogen-bond acceptors (Lipinski definition) is 3. The third-order valence-electron chi connectivity index (χ3n) is 3.12. The molecule has 1 fully saturated rings. The van der Waals surface area contributed by atoms with Crippen LogP contribution in [0.1, 0.15) is 12.5 Å². The number of amides is 1. The van der Waals surface area contributed by atoms with Crippen LogP contribution in [-0.2, 0) is 9.53 Å². The maximum atomic E-state index is 12.2. The summed E-state index contributed by atoms with van der Waals surface area (Å²) in [7, 11) is 0. The number of halogens is 1. The minimum atomic E-state index is -0.518. The molecule has 104 valence electrons.